The number of benzene rings is 2. The molecular formula is C26H26N2O4. The second kappa shape index (κ2) is 9.40. The first kappa shape index (κ1) is 21.8. The maximum absolute atomic E-state index is 13.5. The van der Waals surface area contributed by atoms with Crippen LogP contribution in [0.15, 0.2) is 65.5 Å². The van der Waals surface area contributed by atoms with Crippen LogP contribution in [0, 0.1) is 6.92 Å². The Kier molecular flexibility index (Phi) is 6.42. The molecule has 0 aliphatic heterocycles. The van der Waals surface area contributed by atoms with Crippen LogP contribution in [0.2, 0.25) is 0 Å². The number of nitrogens with zero attached hydrogens (tertiary/aromatic N) is 2. The molecule has 3 aromatic rings. The fourth-order valence-electron chi connectivity index (χ4n) is 4.28. The molecule has 1 unspecified atom stereocenters. The Balaban J connectivity index is 1.58. The number of allylic oxidation sites excluding steroid dienone is 1. The van der Waals surface area contributed by atoms with Crippen molar-refractivity contribution in [3.63, 3.8) is 0 Å². The van der Waals surface area contributed by atoms with Crippen molar-refractivity contribution in [3.8, 4) is 0 Å². The van der Waals surface area contributed by atoms with E-state index in [1.54, 1.807) is 25.1 Å². The molecule has 32 heavy (non-hydrogen) atoms. The maximum Gasteiger partial charge on any atom is 0.262 e. The van der Waals surface area contributed by atoms with E-state index in [0.29, 0.717) is 41.7 Å². The van der Waals surface area contributed by atoms with Gasteiger partial charge in [0, 0.05) is 12.8 Å². The van der Waals surface area contributed by atoms with E-state index in [1.165, 1.54) is 4.57 Å². The number of carbonyl (C=O) groups excluding carboxylic acids is 2. The van der Waals surface area contributed by atoms with E-state index in [1.807, 2.05) is 30.3 Å². The molecular weight excluding hydrogens is 404 g/mol. The van der Waals surface area contributed by atoms with Crippen molar-refractivity contribution in [1.29, 1.82) is 0 Å². The van der Waals surface area contributed by atoms with Gasteiger partial charge in [0.05, 0.1) is 23.6 Å². The minimum absolute atomic E-state index is 0.0181. The maximum atomic E-state index is 13.5. The van der Waals surface area contributed by atoms with Gasteiger partial charge in [-0.25, -0.2) is 4.98 Å². The van der Waals surface area contributed by atoms with Gasteiger partial charge in [0.1, 0.15) is 12.4 Å². The minimum Gasteiger partial charge on any atom is -0.369 e. The summed E-state index contributed by atoms with van der Waals surface area (Å²) < 4.78 is 7.05. The number of carbonyl (C=O) groups is 2. The Bertz CT molecular complexity index is 1240. The molecule has 1 aromatic heterocycles. The zero-order valence-corrected chi connectivity index (χ0v) is 18.2. The molecule has 1 fully saturated rings. The molecule has 6 nitrogen and oxygen atoms in total. The molecule has 1 aliphatic rings. The standard InChI is InChI=1S/C26H26N2O4/c1-17-11-12-23(24(30)13-17)28-18(2)27-22-10-6-9-20(25(22)26(28)31)14-21(29)16-32-15-19-7-4-3-5-8-19/h3-10,23H,1,11-16H2,2H3. The van der Waals surface area contributed by atoms with Crippen LogP contribution in [0.5, 0.6) is 0 Å². The first-order valence-corrected chi connectivity index (χ1v) is 10.8. The summed E-state index contributed by atoms with van der Waals surface area (Å²) in [5.41, 5.74) is 2.76. The van der Waals surface area contributed by atoms with E-state index < -0.39 is 6.04 Å². The van der Waals surface area contributed by atoms with Gasteiger partial charge in [0.15, 0.2) is 11.6 Å². The second-order valence-electron chi connectivity index (χ2n) is 8.29. The van der Waals surface area contributed by atoms with Crippen molar-refractivity contribution in [2.45, 2.75) is 45.3 Å². The monoisotopic (exact) mass is 430 g/mol. The van der Waals surface area contributed by atoms with Crippen molar-refractivity contribution < 1.29 is 14.3 Å². The van der Waals surface area contributed by atoms with E-state index in [4.69, 9.17) is 4.74 Å². The number of aryl methyl sites for hydroxylation is 1. The van der Waals surface area contributed by atoms with E-state index in [9.17, 15) is 14.4 Å². The van der Waals surface area contributed by atoms with E-state index >= 15 is 0 Å². The normalized spacial score (nSPS) is 16.5. The number of rotatable bonds is 7. The first-order chi connectivity index (χ1) is 15.4. The zero-order valence-electron chi connectivity index (χ0n) is 18.2. The third kappa shape index (κ3) is 4.60. The van der Waals surface area contributed by atoms with Gasteiger partial charge in [-0.05, 0) is 37.0 Å². The molecule has 6 heteroatoms. The summed E-state index contributed by atoms with van der Waals surface area (Å²) in [4.78, 5) is 43.3. The molecule has 0 saturated heterocycles. The average molecular weight is 431 g/mol. The third-order valence-electron chi connectivity index (χ3n) is 5.83. The van der Waals surface area contributed by atoms with Gasteiger partial charge in [0.25, 0.3) is 5.56 Å². The van der Waals surface area contributed by atoms with Crippen molar-refractivity contribution >= 4 is 22.5 Å². The highest BCUT2D eigenvalue weighted by Gasteiger charge is 2.29. The van der Waals surface area contributed by atoms with Crippen molar-refractivity contribution in [2.24, 2.45) is 0 Å². The number of fused-ring (bicyclic) bond motifs is 1. The minimum atomic E-state index is -0.539. The van der Waals surface area contributed by atoms with Gasteiger partial charge in [-0.2, -0.15) is 0 Å². The molecule has 0 amide bonds. The lowest BCUT2D eigenvalue weighted by Gasteiger charge is -2.26. The number of hydrogen-bond acceptors (Lipinski definition) is 5. The fourth-order valence-corrected chi connectivity index (χ4v) is 4.28. The van der Waals surface area contributed by atoms with Crippen LogP contribution in [-0.2, 0) is 27.4 Å². The van der Waals surface area contributed by atoms with Gasteiger partial charge >= 0.3 is 0 Å². The fraction of sp³-hybridized carbons (Fsp3) is 0.308. The average Bonchev–Trinajstić information content (AvgIpc) is 2.76. The highest BCUT2D eigenvalue weighted by Crippen LogP contribution is 2.28. The van der Waals surface area contributed by atoms with Crippen LogP contribution in [0.25, 0.3) is 10.9 Å². The Labute approximate surface area is 186 Å². The predicted molar refractivity (Wildman–Crippen MR) is 123 cm³/mol. The second-order valence-corrected chi connectivity index (χ2v) is 8.29. The van der Waals surface area contributed by atoms with Gasteiger partial charge < -0.3 is 4.74 Å². The molecule has 2 aromatic carbocycles. The number of Topliss-reactive ketones (excluding diaryl/α,β-unsaturated/α-hetero) is 2. The molecule has 4 rings (SSSR count). The Morgan fingerprint density at radius 3 is 2.69 bits per heavy atom. The number of aromatic nitrogens is 2. The molecule has 0 bridgehead atoms. The molecule has 0 radical (unpaired) electrons. The van der Waals surface area contributed by atoms with Gasteiger partial charge in [-0.3, -0.25) is 19.0 Å². The summed E-state index contributed by atoms with van der Waals surface area (Å²) in [6.45, 7) is 5.96. The lowest BCUT2D eigenvalue weighted by Crippen LogP contribution is -2.35. The number of hydrogen-bond donors (Lipinski definition) is 0. The molecule has 0 N–H and O–H groups in total. The van der Waals surface area contributed by atoms with Crippen molar-refractivity contribution in [3.05, 3.63) is 88.0 Å². The van der Waals surface area contributed by atoms with Gasteiger partial charge in [-0.15, -0.1) is 0 Å². The number of ketones is 2. The van der Waals surface area contributed by atoms with Crippen LogP contribution in [0.1, 0.15) is 42.3 Å². The summed E-state index contributed by atoms with van der Waals surface area (Å²) in [6, 6.07) is 14.4. The highest BCUT2D eigenvalue weighted by atomic mass is 16.5. The van der Waals surface area contributed by atoms with Gasteiger partial charge in [0.2, 0.25) is 0 Å². The zero-order chi connectivity index (χ0) is 22.7. The SMILES string of the molecule is C=C1CCC(n2c(C)nc3cccc(CC(=O)COCc4ccccc4)c3c2=O)C(=O)C1. The van der Waals surface area contributed by atoms with Crippen LogP contribution in [-0.4, -0.2) is 27.7 Å². The summed E-state index contributed by atoms with van der Waals surface area (Å²) in [5, 5.41) is 0.395. The number of ether oxygens (including phenoxy) is 1. The molecule has 1 atom stereocenters. The van der Waals surface area contributed by atoms with Crippen molar-refractivity contribution in [1.82, 2.24) is 9.55 Å². The van der Waals surface area contributed by atoms with Crippen LogP contribution < -0.4 is 5.56 Å². The summed E-state index contributed by atoms with van der Waals surface area (Å²) in [7, 11) is 0. The van der Waals surface area contributed by atoms with Gasteiger partial charge in [-0.1, -0.05) is 54.6 Å². The Morgan fingerprint density at radius 1 is 1.16 bits per heavy atom. The first-order valence-electron chi connectivity index (χ1n) is 10.8. The predicted octanol–water partition coefficient (Wildman–Crippen LogP) is 3.88. The summed E-state index contributed by atoms with van der Waals surface area (Å²) in [5.74, 6) is 0.364. The van der Waals surface area contributed by atoms with E-state index in [0.717, 1.165) is 11.1 Å². The largest absolute Gasteiger partial charge is 0.369 e. The van der Waals surface area contributed by atoms with Crippen molar-refractivity contribution in [2.75, 3.05) is 6.61 Å². The van der Waals surface area contributed by atoms with Crippen LogP contribution >= 0.6 is 0 Å². The molecule has 1 saturated carbocycles. The smallest absolute Gasteiger partial charge is 0.262 e. The van der Waals surface area contributed by atoms with E-state index in [2.05, 4.69) is 11.6 Å². The molecule has 1 heterocycles. The molecule has 1 aliphatic carbocycles. The molecule has 0 spiro atoms. The van der Waals surface area contributed by atoms with Crippen LogP contribution in [0.4, 0.5) is 0 Å². The summed E-state index contributed by atoms with van der Waals surface area (Å²) in [6.07, 6.45) is 1.61. The topological polar surface area (TPSA) is 78.3 Å². The quantitative estimate of drug-likeness (QED) is 0.532. The highest BCUT2D eigenvalue weighted by molar-refractivity contribution is 5.90. The Morgan fingerprint density at radius 2 is 1.94 bits per heavy atom. The molecule has 164 valence electrons. The summed E-state index contributed by atoms with van der Waals surface area (Å²) >= 11 is 0. The Hall–Kier alpha value is -3.38. The third-order valence-corrected chi connectivity index (χ3v) is 5.83. The van der Waals surface area contributed by atoms with E-state index in [-0.39, 0.29) is 36.6 Å². The van der Waals surface area contributed by atoms with Crippen LogP contribution in [0.3, 0.4) is 0 Å². The lowest BCUT2D eigenvalue weighted by molar-refractivity contribution is -0.123. The lowest BCUT2D eigenvalue weighted by atomic mass is 9.90.